The molecule has 3 aromatic rings. The number of sulfonamides is 1. The zero-order valence-electron chi connectivity index (χ0n) is 21.0. The number of hydrogen-bond donors (Lipinski definition) is 0. The summed E-state index contributed by atoms with van der Waals surface area (Å²) in [5.74, 6) is 0.341. The number of nitrogens with zero attached hydrogens (tertiary/aromatic N) is 3. The number of aromatic nitrogens is 1. The Hall–Kier alpha value is -2.53. The molecule has 2 heterocycles. The number of hydrogen-bond acceptors (Lipinski definition) is 6. The van der Waals surface area contributed by atoms with E-state index in [0.29, 0.717) is 43.3 Å². The Labute approximate surface area is 216 Å². The Bertz CT molecular complexity index is 1380. The number of carbonyl (C=O) groups excluding carboxylic acids is 1. The molecule has 0 saturated carbocycles. The van der Waals surface area contributed by atoms with E-state index >= 15 is 0 Å². The fraction of sp³-hybridized carbons (Fsp3) is 0.462. The first-order chi connectivity index (χ1) is 17.3. The summed E-state index contributed by atoms with van der Waals surface area (Å²) in [6.45, 7) is 8.57. The summed E-state index contributed by atoms with van der Waals surface area (Å²) in [6.07, 6.45) is 2.76. The van der Waals surface area contributed by atoms with Crippen LogP contribution in [0.5, 0.6) is 5.75 Å². The van der Waals surface area contributed by atoms with Gasteiger partial charge in [0.25, 0.3) is 5.91 Å². The zero-order valence-corrected chi connectivity index (χ0v) is 22.6. The Balaban J connectivity index is 1.64. The highest BCUT2D eigenvalue weighted by Crippen LogP contribution is 2.26. The van der Waals surface area contributed by atoms with E-state index in [1.807, 2.05) is 43.5 Å². The Kier molecular flexibility index (Phi) is 8.61. The molecule has 0 aliphatic carbocycles. The summed E-state index contributed by atoms with van der Waals surface area (Å²) >= 11 is 1.41. The zero-order chi connectivity index (χ0) is 25.7. The van der Waals surface area contributed by atoms with Crippen LogP contribution in [0.1, 0.15) is 50.4 Å². The molecule has 1 amide bonds. The minimum atomic E-state index is -3.59. The van der Waals surface area contributed by atoms with E-state index in [1.165, 1.54) is 23.5 Å². The van der Waals surface area contributed by atoms with Crippen LogP contribution in [0.3, 0.4) is 0 Å². The molecule has 1 aromatic heterocycles. The molecule has 10 heteroatoms. The number of rotatable bonds is 9. The van der Waals surface area contributed by atoms with Crippen molar-refractivity contribution in [1.82, 2.24) is 8.87 Å². The maximum absolute atomic E-state index is 13.1. The highest BCUT2D eigenvalue weighted by molar-refractivity contribution is 7.89. The van der Waals surface area contributed by atoms with Gasteiger partial charge in [-0.3, -0.25) is 4.79 Å². The van der Waals surface area contributed by atoms with Crippen molar-refractivity contribution in [1.29, 1.82) is 0 Å². The van der Waals surface area contributed by atoms with Gasteiger partial charge in [-0.25, -0.2) is 8.42 Å². The molecule has 0 spiro atoms. The van der Waals surface area contributed by atoms with Crippen LogP contribution in [-0.2, 0) is 21.3 Å². The minimum Gasteiger partial charge on any atom is -0.494 e. The molecule has 8 nitrogen and oxygen atoms in total. The lowest BCUT2D eigenvalue weighted by atomic mass is 10.1. The number of fused-ring (bicyclic) bond motifs is 1. The van der Waals surface area contributed by atoms with E-state index in [-0.39, 0.29) is 10.9 Å². The molecule has 36 heavy (non-hydrogen) atoms. The molecule has 0 N–H and O–H groups in total. The maximum atomic E-state index is 13.1. The van der Waals surface area contributed by atoms with Gasteiger partial charge >= 0.3 is 0 Å². The van der Waals surface area contributed by atoms with Crippen LogP contribution in [0.2, 0.25) is 0 Å². The Morgan fingerprint density at radius 2 is 1.89 bits per heavy atom. The molecule has 1 fully saturated rings. The molecule has 1 aliphatic heterocycles. The van der Waals surface area contributed by atoms with E-state index in [0.717, 1.165) is 35.2 Å². The third-order valence-electron chi connectivity index (χ3n) is 6.28. The number of amides is 1. The van der Waals surface area contributed by atoms with Crippen LogP contribution in [0.25, 0.3) is 10.2 Å². The number of carbonyl (C=O) groups is 1. The minimum absolute atomic E-state index is 0.0246. The van der Waals surface area contributed by atoms with Gasteiger partial charge in [0.05, 0.1) is 28.3 Å². The number of ether oxygens (including phenoxy) is 2. The van der Waals surface area contributed by atoms with Gasteiger partial charge < -0.3 is 14.0 Å². The van der Waals surface area contributed by atoms with Gasteiger partial charge in [-0.1, -0.05) is 17.8 Å². The quantitative estimate of drug-likeness (QED) is 0.381. The second-order valence-electron chi connectivity index (χ2n) is 8.70. The molecule has 1 aliphatic rings. The number of benzene rings is 2. The van der Waals surface area contributed by atoms with Crippen molar-refractivity contribution in [3.63, 3.8) is 0 Å². The predicted octanol–water partition coefficient (Wildman–Crippen LogP) is 4.44. The summed E-state index contributed by atoms with van der Waals surface area (Å²) in [5, 5.41) is 0. The smallest absolute Gasteiger partial charge is 0.279 e. The molecule has 0 radical (unpaired) electrons. The molecule has 1 saturated heterocycles. The molecule has 4 rings (SSSR count). The summed E-state index contributed by atoms with van der Waals surface area (Å²) in [5.41, 5.74) is 1.29. The summed E-state index contributed by atoms with van der Waals surface area (Å²) in [6, 6.07) is 11.9. The Morgan fingerprint density at radius 3 is 2.58 bits per heavy atom. The summed E-state index contributed by atoms with van der Waals surface area (Å²) in [7, 11) is -3.59. The average molecular weight is 532 g/mol. The van der Waals surface area contributed by atoms with Gasteiger partial charge in [-0.15, -0.1) is 0 Å². The predicted molar refractivity (Wildman–Crippen MR) is 141 cm³/mol. The van der Waals surface area contributed by atoms with Crippen LogP contribution in [-0.4, -0.2) is 55.6 Å². The van der Waals surface area contributed by atoms with Gasteiger partial charge in [0.1, 0.15) is 5.75 Å². The average Bonchev–Trinajstić information content (AvgIpc) is 3.20. The second kappa shape index (κ2) is 11.7. The van der Waals surface area contributed by atoms with E-state index in [4.69, 9.17) is 9.47 Å². The fourth-order valence-corrected chi connectivity index (χ4v) is 7.18. The van der Waals surface area contributed by atoms with Crippen molar-refractivity contribution >= 4 is 37.5 Å². The lowest BCUT2D eigenvalue weighted by molar-refractivity contribution is 0.0996. The molecule has 1 atom stereocenters. The highest BCUT2D eigenvalue weighted by Gasteiger charge is 2.30. The largest absolute Gasteiger partial charge is 0.494 e. The molecule has 194 valence electrons. The fourth-order valence-electron chi connectivity index (χ4n) is 4.40. The first kappa shape index (κ1) is 26.5. The molecular weight excluding hydrogens is 498 g/mol. The SMILES string of the molecule is CCOCCn1c(=NC(=O)c2ccc(S(=O)(=O)N3CCCCC3C)cc2)sc2cc(OCC)ccc21. The normalized spacial score (nSPS) is 17.5. The molecular formula is C26H33N3O5S2. The van der Waals surface area contributed by atoms with Crippen molar-refractivity contribution in [3.05, 3.63) is 52.8 Å². The van der Waals surface area contributed by atoms with E-state index in [2.05, 4.69) is 4.99 Å². The molecule has 0 bridgehead atoms. The topological polar surface area (TPSA) is 90.2 Å². The lowest BCUT2D eigenvalue weighted by Gasteiger charge is -2.32. The van der Waals surface area contributed by atoms with Gasteiger partial charge in [-0.05, 0) is 76.1 Å². The van der Waals surface area contributed by atoms with Crippen LogP contribution >= 0.6 is 11.3 Å². The van der Waals surface area contributed by atoms with E-state index < -0.39 is 15.9 Å². The third kappa shape index (κ3) is 5.72. The van der Waals surface area contributed by atoms with Crippen molar-refractivity contribution in [2.24, 2.45) is 4.99 Å². The summed E-state index contributed by atoms with van der Waals surface area (Å²) < 4.78 is 41.9. The monoisotopic (exact) mass is 531 g/mol. The van der Waals surface area contributed by atoms with Gasteiger partial charge in [-0.2, -0.15) is 9.30 Å². The lowest BCUT2D eigenvalue weighted by Crippen LogP contribution is -2.41. The molecule has 2 aromatic carbocycles. The first-order valence-electron chi connectivity index (χ1n) is 12.4. The van der Waals surface area contributed by atoms with Crippen molar-refractivity contribution in [3.8, 4) is 5.75 Å². The number of piperidine rings is 1. The van der Waals surface area contributed by atoms with Crippen LogP contribution in [0.15, 0.2) is 52.4 Å². The van der Waals surface area contributed by atoms with E-state index in [9.17, 15) is 13.2 Å². The van der Waals surface area contributed by atoms with Crippen LogP contribution in [0.4, 0.5) is 0 Å². The van der Waals surface area contributed by atoms with Gasteiger partial charge in [0.2, 0.25) is 10.0 Å². The van der Waals surface area contributed by atoms with Gasteiger partial charge in [0, 0.05) is 31.3 Å². The van der Waals surface area contributed by atoms with E-state index in [1.54, 1.807) is 16.4 Å². The van der Waals surface area contributed by atoms with Gasteiger partial charge in [0.15, 0.2) is 4.80 Å². The van der Waals surface area contributed by atoms with Crippen molar-refractivity contribution < 1.29 is 22.7 Å². The number of thiazole rings is 1. The molecule has 1 unspecified atom stereocenters. The second-order valence-corrected chi connectivity index (χ2v) is 11.6. The van der Waals surface area contributed by atoms with Crippen LogP contribution < -0.4 is 9.54 Å². The third-order valence-corrected chi connectivity index (χ3v) is 9.34. The van der Waals surface area contributed by atoms with Crippen molar-refractivity contribution in [2.45, 2.75) is 57.5 Å². The Morgan fingerprint density at radius 1 is 1.11 bits per heavy atom. The standard InChI is InChI=1S/C26H33N3O5S2/c1-4-33-17-16-28-23-14-11-21(34-5-2)18-24(23)35-26(28)27-25(30)20-9-12-22(13-10-20)36(31,32)29-15-7-6-8-19(29)3/h9-14,18-19H,4-8,15-17H2,1-3H3. The summed E-state index contributed by atoms with van der Waals surface area (Å²) in [4.78, 5) is 18.2. The highest BCUT2D eigenvalue weighted by atomic mass is 32.2. The van der Waals surface area contributed by atoms with Crippen LogP contribution in [0, 0.1) is 0 Å². The van der Waals surface area contributed by atoms with Crippen molar-refractivity contribution in [2.75, 3.05) is 26.4 Å². The maximum Gasteiger partial charge on any atom is 0.279 e. The first-order valence-corrected chi connectivity index (χ1v) is 14.7.